The lowest BCUT2D eigenvalue weighted by atomic mass is 9.66. The lowest BCUT2D eigenvalue weighted by Gasteiger charge is -2.40. The number of rotatable bonds is 2. The second kappa shape index (κ2) is 6.31. The van der Waals surface area contributed by atoms with Crippen molar-refractivity contribution < 1.29 is 14.3 Å². The first-order valence-corrected chi connectivity index (χ1v) is 9.38. The van der Waals surface area contributed by atoms with Gasteiger partial charge in [-0.3, -0.25) is 9.59 Å². The molecule has 2 aliphatic rings. The summed E-state index contributed by atoms with van der Waals surface area (Å²) in [7, 11) is 0. The molecule has 28 heavy (non-hydrogen) atoms. The number of hydrogen-bond donors (Lipinski definition) is 0. The van der Waals surface area contributed by atoms with E-state index in [0.29, 0.717) is 16.9 Å². The second-order valence-electron chi connectivity index (χ2n) is 7.22. The van der Waals surface area contributed by atoms with Gasteiger partial charge in [0.15, 0.2) is 5.78 Å². The van der Waals surface area contributed by atoms with Crippen LogP contribution in [0.2, 0.25) is 0 Å². The van der Waals surface area contributed by atoms with Crippen molar-refractivity contribution in [1.82, 2.24) is 0 Å². The molecule has 3 nitrogen and oxygen atoms in total. The molecule has 2 atom stereocenters. The molecule has 1 heterocycles. The van der Waals surface area contributed by atoms with Crippen molar-refractivity contribution in [3.8, 4) is 5.75 Å². The van der Waals surface area contributed by atoms with E-state index in [1.807, 2.05) is 78.9 Å². The van der Waals surface area contributed by atoms with Crippen LogP contribution < -0.4 is 4.74 Å². The van der Waals surface area contributed by atoms with Crippen LogP contribution in [0.5, 0.6) is 5.75 Å². The Kier molecular flexibility index (Phi) is 3.76. The summed E-state index contributed by atoms with van der Waals surface area (Å²) in [6.45, 7) is 0. The molecule has 0 bridgehead atoms. The summed E-state index contributed by atoms with van der Waals surface area (Å²) in [5, 5.41) is 0. The highest BCUT2D eigenvalue weighted by Gasteiger charge is 2.58. The Morgan fingerprint density at radius 3 is 2.14 bits per heavy atom. The number of allylic oxidation sites excluding steroid dienone is 1. The Balaban J connectivity index is 1.78. The maximum absolute atomic E-state index is 13.8. The molecule has 3 aromatic carbocycles. The van der Waals surface area contributed by atoms with Crippen LogP contribution in [0.1, 0.15) is 33.8 Å². The van der Waals surface area contributed by atoms with Gasteiger partial charge in [-0.2, -0.15) is 0 Å². The zero-order valence-corrected chi connectivity index (χ0v) is 15.2. The summed E-state index contributed by atoms with van der Waals surface area (Å²) in [4.78, 5) is 26.5. The first kappa shape index (κ1) is 16.7. The van der Waals surface area contributed by atoms with Gasteiger partial charge in [0, 0.05) is 17.9 Å². The quantitative estimate of drug-likeness (QED) is 0.652. The average Bonchev–Trinajstić information content (AvgIpc) is 3.04. The van der Waals surface area contributed by atoms with E-state index in [0.717, 1.165) is 11.1 Å². The molecule has 0 amide bonds. The van der Waals surface area contributed by atoms with Gasteiger partial charge in [-0.25, -0.2) is 0 Å². The molecule has 0 unspecified atom stereocenters. The van der Waals surface area contributed by atoms with E-state index in [2.05, 4.69) is 0 Å². The predicted molar refractivity (Wildman–Crippen MR) is 107 cm³/mol. The van der Waals surface area contributed by atoms with Crippen LogP contribution >= 0.6 is 0 Å². The highest BCUT2D eigenvalue weighted by Crippen LogP contribution is 2.53. The van der Waals surface area contributed by atoms with Gasteiger partial charge >= 0.3 is 0 Å². The van der Waals surface area contributed by atoms with E-state index in [1.54, 1.807) is 12.1 Å². The molecule has 1 aliphatic heterocycles. The third-order valence-electron chi connectivity index (χ3n) is 5.63. The molecule has 3 heteroatoms. The highest BCUT2D eigenvalue weighted by molar-refractivity contribution is 6.19. The van der Waals surface area contributed by atoms with Crippen LogP contribution in [0.15, 0.2) is 91.0 Å². The molecule has 0 N–H and O–H groups in total. The van der Waals surface area contributed by atoms with Crippen LogP contribution in [0.3, 0.4) is 0 Å². The number of hydrogen-bond acceptors (Lipinski definition) is 3. The van der Waals surface area contributed by atoms with E-state index in [4.69, 9.17) is 4.74 Å². The SMILES string of the molecule is O=C1C=C(c2ccccc2)[C@@]2(Oc3ccccc3C2=O)[C@@H](c2ccccc2)C1. The zero-order valence-electron chi connectivity index (χ0n) is 15.2. The molecule has 0 saturated carbocycles. The Bertz CT molecular complexity index is 1100. The fourth-order valence-corrected chi connectivity index (χ4v) is 4.38. The number of Topliss-reactive ketones (excluding diaryl/α,β-unsaturated/α-hetero) is 1. The molecule has 136 valence electrons. The summed E-state index contributed by atoms with van der Waals surface area (Å²) in [5.74, 6) is 0.108. The minimum Gasteiger partial charge on any atom is -0.473 e. The monoisotopic (exact) mass is 366 g/mol. The van der Waals surface area contributed by atoms with Gasteiger partial charge < -0.3 is 4.74 Å². The van der Waals surface area contributed by atoms with Gasteiger partial charge in [-0.05, 0) is 29.3 Å². The Labute approximate surface area is 163 Å². The van der Waals surface area contributed by atoms with Crippen LogP contribution in [-0.2, 0) is 4.79 Å². The predicted octanol–water partition coefficient (Wildman–Crippen LogP) is 4.84. The van der Waals surface area contributed by atoms with Crippen molar-refractivity contribution in [2.45, 2.75) is 17.9 Å². The van der Waals surface area contributed by atoms with Gasteiger partial charge in [-0.15, -0.1) is 0 Å². The molecule has 1 spiro atoms. The molecular weight excluding hydrogens is 348 g/mol. The molecule has 3 aromatic rings. The van der Waals surface area contributed by atoms with Crippen LogP contribution in [0, 0.1) is 0 Å². The molecular formula is C25H18O3. The first-order valence-electron chi connectivity index (χ1n) is 9.38. The summed E-state index contributed by atoms with van der Waals surface area (Å²) in [5.41, 5.74) is 1.73. The normalized spacial score (nSPS) is 23.3. The topological polar surface area (TPSA) is 43.4 Å². The average molecular weight is 366 g/mol. The number of benzene rings is 3. The van der Waals surface area contributed by atoms with Crippen molar-refractivity contribution in [3.63, 3.8) is 0 Å². The van der Waals surface area contributed by atoms with E-state index in [-0.39, 0.29) is 23.9 Å². The van der Waals surface area contributed by atoms with Gasteiger partial charge in [0.25, 0.3) is 0 Å². The molecule has 0 aromatic heterocycles. The lowest BCUT2D eigenvalue weighted by Crippen LogP contribution is -2.50. The van der Waals surface area contributed by atoms with Crippen molar-refractivity contribution in [1.29, 1.82) is 0 Å². The third kappa shape index (κ3) is 2.36. The zero-order chi connectivity index (χ0) is 19.1. The smallest absolute Gasteiger partial charge is 0.215 e. The summed E-state index contributed by atoms with van der Waals surface area (Å²) in [6, 6.07) is 26.6. The van der Waals surface area contributed by atoms with Gasteiger partial charge in [0.1, 0.15) is 5.75 Å². The highest BCUT2D eigenvalue weighted by atomic mass is 16.5. The Hall–Kier alpha value is -3.46. The number of carbonyl (C=O) groups is 2. The minimum absolute atomic E-state index is 0.00527. The minimum atomic E-state index is -1.24. The first-order chi connectivity index (χ1) is 13.7. The molecule has 0 saturated heterocycles. The summed E-state index contributed by atoms with van der Waals surface area (Å²) < 4.78 is 6.46. The molecule has 1 aliphatic carbocycles. The van der Waals surface area contributed by atoms with Crippen LogP contribution in [-0.4, -0.2) is 17.2 Å². The second-order valence-corrected chi connectivity index (χ2v) is 7.22. The standard InChI is InChI=1S/C25H18O3/c26-19-15-21(17-9-3-1-4-10-17)25(22(16-19)18-11-5-2-6-12-18)24(27)20-13-7-8-14-23(20)28-25/h1-15,22H,16H2/t22-,25-/m1/s1. The van der Waals surface area contributed by atoms with E-state index < -0.39 is 5.60 Å². The summed E-state index contributed by atoms with van der Waals surface area (Å²) >= 11 is 0. The summed E-state index contributed by atoms with van der Waals surface area (Å²) in [6.07, 6.45) is 1.83. The fourth-order valence-electron chi connectivity index (χ4n) is 4.38. The Morgan fingerprint density at radius 2 is 1.43 bits per heavy atom. The Morgan fingerprint density at radius 1 is 0.786 bits per heavy atom. The van der Waals surface area contributed by atoms with Crippen LogP contribution in [0.4, 0.5) is 0 Å². The maximum Gasteiger partial charge on any atom is 0.215 e. The van der Waals surface area contributed by atoms with E-state index in [9.17, 15) is 9.59 Å². The number of carbonyl (C=O) groups excluding carboxylic acids is 2. The third-order valence-corrected chi connectivity index (χ3v) is 5.63. The largest absolute Gasteiger partial charge is 0.473 e. The van der Waals surface area contributed by atoms with E-state index >= 15 is 0 Å². The number of para-hydroxylation sites is 1. The van der Waals surface area contributed by atoms with Gasteiger partial charge in [0.2, 0.25) is 11.4 Å². The maximum atomic E-state index is 13.8. The molecule has 0 radical (unpaired) electrons. The lowest BCUT2D eigenvalue weighted by molar-refractivity contribution is -0.116. The number of fused-ring (bicyclic) bond motifs is 1. The van der Waals surface area contributed by atoms with E-state index in [1.165, 1.54) is 0 Å². The molecule has 0 fully saturated rings. The van der Waals surface area contributed by atoms with Gasteiger partial charge in [0.05, 0.1) is 5.56 Å². The van der Waals surface area contributed by atoms with Gasteiger partial charge in [-0.1, -0.05) is 72.8 Å². The number of ether oxygens (including phenoxy) is 1. The van der Waals surface area contributed by atoms with Crippen molar-refractivity contribution >= 4 is 17.1 Å². The number of ketones is 2. The van der Waals surface area contributed by atoms with Crippen LogP contribution in [0.25, 0.3) is 5.57 Å². The van der Waals surface area contributed by atoms with Crippen molar-refractivity contribution in [3.05, 3.63) is 108 Å². The molecule has 5 rings (SSSR count). The van der Waals surface area contributed by atoms with Crippen molar-refractivity contribution in [2.75, 3.05) is 0 Å². The van der Waals surface area contributed by atoms with Crippen molar-refractivity contribution in [2.24, 2.45) is 0 Å². The fraction of sp³-hybridized carbons (Fsp3) is 0.120.